The first-order chi connectivity index (χ1) is 12.7. The number of benzene rings is 2. The summed E-state index contributed by atoms with van der Waals surface area (Å²) in [6, 6.07) is 11.6. The van der Waals surface area contributed by atoms with Crippen LogP contribution in [-0.4, -0.2) is 29.9 Å². The van der Waals surface area contributed by atoms with E-state index in [0.29, 0.717) is 32.0 Å². The maximum Gasteiger partial charge on any atom is 0.242 e. The Labute approximate surface area is 171 Å². The number of sulfonamides is 1. The summed E-state index contributed by atoms with van der Waals surface area (Å²) in [6.07, 6.45) is 0. The zero-order valence-corrected chi connectivity index (χ0v) is 17.1. The highest BCUT2D eigenvalue weighted by molar-refractivity contribution is 7.88. The Morgan fingerprint density at radius 1 is 1.04 bits per heavy atom. The van der Waals surface area contributed by atoms with E-state index in [1.807, 2.05) is 0 Å². The molecule has 3 aromatic rings. The molecule has 0 bridgehead atoms. The second-order valence-electron chi connectivity index (χ2n) is 5.77. The molecule has 2 aromatic carbocycles. The largest absolute Gasteiger partial charge is 0.338 e. The standard InChI is InChI=1S/C17H14Cl3N3O3S/c1-23(27(24,25)10-12-4-7-14(19)8-15(12)20)9-16-21-17(22-26-16)11-2-5-13(18)6-3-11/h2-8H,9-10H2,1H3. The third-order valence-corrected chi connectivity index (χ3v) is 6.35. The summed E-state index contributed by atoms with van der Waals surface area (Å²) in [5.41, 5.74) is 1.17. The Kier molecular flexibility index (Phi) is 6.08. The molecule has 0 amide bonds. The normalized spacial score (nSPS) is 11.9. The van der Waals surface area contributed by atoms with Gasteiger partial charge in [-0.2, -0.15) is 9.29 Å². The number of aromatic nitrogens is 2. The van der Waals surface area contributed by atoms with Crippen LogP contribution in [0.3, 0.4) is 0 Å². The van der Waals surface area contributed by atoms with E-state index in [1.165, 1.54) is 13.1 Å². The lowest BCUT2D eigenvalue weighted by Gasteiger charge is -2.15. The lowest BCUT2D eigenvalue weighted by molar-refractivity contribution is 0.336. The van der Waals surface area contributed by atoms with E-state index in [-0.39, 0.29) is 18.2 Å². The van der Waals surface area contributed by atoms with Crippen LogP contribution in [0.25, 0.3) is 11.4 Å². The molecule has 0 radical (unpaired) electrons. The predicted molar refractivity (Wildman–Crippen MR) is 105 cm³/mol. The van der Waals surface area contributed by atoms with Crippen LogP contribution in [0.2, 0.25) is 15.1 Å². The van der Waals surface area contributed by atoms with E-state index in [2.05, 4.69) is 10.1 Å². The van der Waals surface area contributed by atoms with Crippen molar-refractivity contribution in [3.8, 4) is 11.4 Å². The van der Waals surface area contributed by atoms with Gasteiger partial charge >= 0.3 is 0 Å². The van der Waals surface area contributed by atoms with Crippen molar-refractivity contribution in [1.29, 1.82) is 0 Å². The smallest absolute Gasteiger partial charge is 0.242 e. The zero-order chi connectivity index (χ0) is 19.6. The van der Waals surface area contributed by atoms with Crippen LogP contribution in [-0.2, 0) is 22.3 Å². The molecular weight excluding hydrogens is 433 g/mol. The van der Waals surface area contributed by atoms with Crippen LogP contribution in [0.1, 0.15) is 11.5 Å². The third-order valence-electron chi connectivity index (χ3n) is 3.76. The van der Waals surface area contributed by atoms with Gasteiger partial charge in [-0.3, -0.25) is 0 Å². The highest BCUT2D eigenvalue weighted by Gasteiger charge is 2.22. The van der Waals surface area contributed by atoms with Crippen LogP contribution >= 0.6 is 34.8 Å². The Morgan fingerprint density at radius 3 is 2.37 bits per heavy atom. The Balaban J connectivity index is 1.72. The Morgan fingerprint density at radius 2 is 1.70 bits per heavy atom. The van der Waals surface area contributed by atoms with Gasteiger partial charge < -0.3 is 4.52 Å². The van der Waals surface area contributed by atoms with Gasteiger partial charge in [-0.15, -0.1) is 0 Å². The van der Waals surface area contributed by atoms with Crippen molar-refractivity contribution in [1.82, 2.24) is 14.4 Å². The molecule has 0 aliphatic heterocycles. The second-order valence-corrected chi connectivity index (χ2v) is 9.12. The fourth-order valence-electron chi connectivity index (χ4n) is 2.27. The minimum atomic E-state index is -3.65. The lowest BCUT2D eigenvalue weighted by atomic mass is 10.2. The average Bonchev–Trinajstić information content (AvgIpc) is 3.06. The van der Waals surface area contributed by atoms with Gasteiger partial charge in [0.1, 0.15) is 0 Å². The molecule has 0 aliphatic rings. The quantitative estimate of drug-likeness (QED) is 0.550. The molecule has 0 atom stereocenters. The van der Waals surface area contributed by atoms with E-state index < -0.39 is 10.0 Å². The fraction of sp³-hybridized carbons (Fsp3) is 0.176. The maximum absolute atomic E-state index is 12.6. The number of nitrogens with zero attached hydrogens (tertiary/aromatic N) is 3. The highest BCUT2D eigenvalue weighted by atomic mass is 35.5. The first kappa shape index (κ1) is 20.1. The summed E-state index contributed by atoms with van der Waals surface area (Å²) in [7, 11) is -2.21. The summed E-state index contributed by atoms with van der Waals surface area (Å²) in [4.78, 5) is 4.23. The van der Waals surface area contributed by atoms with Gasteiger partial charge in [0.15, 0.2) is 0 Å². The predicted octanol–water partition coefficient (Wildman–Crippen LogP) is 4.66. The van der Waals surface area contributed by atoms with Gasteiger partial charge in [0, 0.05) is 27.7 Å². The topological polar surface area (TPSA) is 76.3 Å². The van der Waals surface area contributed by atoms with Gasteiger partial charge in [0.2, 0.25) is 21.7 Å². The molecule has 0 aliphatic carbocycles. The molecule has 3 rings (SSSR count). The molecule has 142 valence electrons. The van der Waals surface area contributed by atoms with Crippen LogP contribution in [0.15, 0.2) is 47.0 Å². The van der Waals surface area contributed by atoms with Gasteiger partial charge in [-0.05, 0) is 42.0 Å². The molecule has 0 spiro atoms. The second kappa shape index (κ2) is 8.16. The maximum atomic E-state index is 12.6. The fourth-order valence-corrected chi connectivity index (χ4v) is 4.12. The summed E-state index contributed by atoms with van der Waals surface area (Å²) < 4.78 is 31.5. The third kappa shape index (κ3) is 5.00. The van der Waals surface area contributed by atoms with E-state index in [9.17, 15) is 8.42 Å². The molecular formula is C17H14Cl3N3O3S. The summed E-state index contributed by atoms with van der Waals surface area (Å²) in [6.45, 7) is -0.0614. The SMILES string of the molecule is CN(Cc1nc(-c2ccc(Cl)cc2)no1)S(=O)(=O)Cc1ccc(Cl)cc1Cl. The zero-order valence-electron chi connectivity index (χ0n) is 14.1. The monoisotopic (exact) mass is 445 g/mol. The summed E-state index contributed by atoms with van der Waals surface area (Å²) in [5, 5.41) is 5.20. The molecule has 0 unspecified atom stereocenters. The first-order valence-corrected chi connectivity index (χ1v) is 10.5. The van der Waals surface area contributed by atoms with E-state index in [0.717, 1.165) is 4.31 Å². The molecule has 0 saturated heterocycles. The summed E-state index contributed by atoms with van der Waals surface area (Å²) in [5.74, 6) is 0.263. The van der Waals surface area contributed by atoms with Gasteiger partial charge in [-0.25, -0.2) is 8.42 Å². The molecule has 0 N–H and O–H groups in total. The number of hydrogen-bond acceptors (Lipinski definition) is 5. The van der Waals surface area contributed by atoms with Crippen molar-refractivity contribution in [2.75, 3.05) is 7.05 Å². The first-order valence-electron chi connectivity index (χ1n) is 7.71. The minimum absolute atomic E-state index is 0.0614. The Bertz CT molecular complexity index is 1050. The average molecular weight is 447 g/mol. The van der Waals surface area contributed by atoms with Crippen molar-refractivity contribution < 1.29 is 12.9 Å². The molecule has 27 heavy (non-hydrogen) atoms. The molecule has 1 heterocycles. The number of hydrogen-bond donors (Lipinski definition) is 0. The van der Waals surface area contributed by atoms with Crippen LogP contribution in [0, 0.1) is 0 Å². The van der Waals surface area contributed by atoms with Crippen molar-refractivity contribution in [3.05, 3.63) is 69.0 Å². The summed E-state index contributed by atoms with van der Waals surface area (Å²) >= 11 is 17.8. The van der Waals surface area contributed by atoms with Crippen molar-refractivity contribution >= 4 is 44.8 Å². The highest BCUT2D eigenvalue weighted by Crippen LogP contribution is 2.24. The van der Waals surface area contributed by atoms with Gasteiger partial charge in [0.25, 0.3) is 0 Å². The van der Waals surface area contributed by atoms with Crippen LogP contribution in [0.5, 0.6) is 0 Å². The molecule has 1 aromatic heterocycles. The van der Waals surface area contributed by atoms with E-state index >= 15 is 0 Å². The minimum Gasteiger partial charge on any atom is -0.338 e. The molecule has 10 heteroatoms. The van der Waals surface area contributed by atoms with Crippen LogP contribution in [0.4, 0.5) is 0 Å². The van der Waals surface area contributed by atoms with E-state index in [1.54, 1.807) is 36.4 Å². The molecule has 6 nitrogen and oxygen atoms in total. The van der Waals surface area contributed by atoms with Gasteiger partial charge in [0.05, 0.1) is 12.3 Å². The Hall–Kier alpha value is -1.64. The van der Waals surface area contributed by atoms with Crippen molar-refractivity contribution in [2.24, 2.45) is 0 Å². The van der Waals surface area contributed by atoms with Gasteiger partial charge in [-0.1, -0.05) is 46.0 Å². The lowest BCUT2D eigenvalue weighted by Crippen LogP contribution is -2.28. The molecule has 0 fully saturated rings. The number of halogens is 3. The van der Waals surface area contributed by atoms with Crippen LogP contribution < -0.4 is 0 Å². The number of rotatable bonds is 6. The van der Waals surface area contributed by atoms with Crippen molar-refractivity contribution in [3.63, 3.8) is 0 Å². The van der Waals surface area contributed by atoms with Crippen molar-refractivity contribution in [2.45, 2.75) is 12.3 Å². The molecule has 0 saturated carbocycles. The van der Waals surface area contributed by atoms with E-state index in [4.69, 9.17) is 39.3 Å².